The molecule has 1 aliphatic rings. The van der Waals surface area contributed by atoms with Gasteiger partial charge in [0.05, 0.1) is 10.5 Å². The van der Waals surface area contributed by atoms with Crippen LogP contribution in [-0.2, 0) is 0 Å². The van der Waals surface area contributed by atoms with Crippen LogP contribution in [0.3, 0.4) is 0 Å². The van der Waals surface area contributed by atoms with Crippen LogP contribution in [0, 0.1) is 0 Å². The number of benzene rings is 2. The monoisotopic (exact) mass is 412 g/mol. The van der Waals surface area contributed by atoms with E-state index < -0.39 is 0 Å². The van der Waals surface area contributed by atoms with Crippen molar-refractivity contribution in [3.63, 3.8) is 0 Å². The fourth-order valence-electron chi connectivity index (χ4n) is 2.21. The minimum Gasteiger partial charge on any atom is -0.454 e. The molecule has 0 radical (unpaired) electrons. The Balaban J connectivity index is 1.86. The van der Waals surface area contributed by atoms with Gasteiger partial charge in [-0.1, -0.05) is 15.9 Å². The zero-order valence-corrected chi connectivity index (χ0v) is 14.3. The van der Waals surface area contributed by atoms with Crippen molar-refractivity contribution >= 4 is 37.5 Å². The van der Waals surface area contributed by atoms with Crippen molar-refractivity contribution in [1.82, 2.24) is 0 Å². The predicted octanol–water partition coefficient (Wildman–Crippen LogP) is 4.05. The zero-order chi connectivity index (χ0) is 14.8. The fraction of sp³-hybridized carbons (Fsp3) is 0.200. The summed E-state index contributed by atoms with van der Waals surface area (Å²) in [6.07, 6.45) is 0. The maximum Gasteiger partial charge on any atom is 0.231 e. The Hall–Kier alpha value is -1.24. The van der Waals surface area contributed by atoms with E-state index in [1.165, 1.54) is 0 Å². The van der Waals surface area contributed by atoms with Crippen molar-refractivity contribution in [3.05, 3.63) is 50.9 Å². The van der Waals surface area contributed by atoms with Crippen LogP contribution in [0.5, 0.6) is 11.5 Å². The summed E-state index contributed by atoms with van der Waals surface area (Å²) in [5.41, 5.74) is 7.99. The fourth-order valence-corrected chi connectivity index (χ4v) is 3.05. The molecule has 2 aromatic rings. The van der Waals surface area contributed by atoms with Crippen molar-refractivity contribution < 1.29 is 9.47 Å². The van der Waals surface area contributed by atoms with E-state index in [0.29, 0.717) is 6.54 Å². The van der Waals surface area contributed by atoms with Crippen LogP contribution in [0.25, 0.3) is 0 Å². The summed E-state index contributed by atoms with van der Waals surface area (Å²) in [5, 5.41) is 3.43. The van der Waals surface area contributed by atoms with Crippen molar-refractivity contribution in [1.29, 1.82) is 0 Å². The Labute approximate surface area is 139 Å². The van der Waals surface area contributed by atoms with Gasteiger partial charge >= 0.3 is 0 Å². The van der Waals surface area contributed by atoms with Gasteiger partial charge in [-0.15, -0.1) is 0 Å². The third-order valence-electron chi connectivity index (χ3n) is 3.27. The van der Waals surface area contributed by atoms with E-state index in [0.717, 1.165) is 31.7 Å². The number of nitrogens with one attached hydrogen (secondary N) is 1. The maximum atomic E-state index is 5.92. The Kier molecular flexibility index (Phi) is 4.37. The summed E-state index contributed by atoms with van der Waals surface area (Å²) in [7, 11) is 0. The van der Waals surface area contributed by atoms with Gasteiger partial charge in [0.15, 0.2) is 11.5 Å². The molecule has 0 fully saturated rings. The highest BCUT2D eigenvalue weighted by Gasteiger charge is 2.21. The van der Waals surface area contributed by atoms with Crippen LogP contribution in [-0.4, -0.2) is 13.3 Å². The van der Waals surface area contributed by atoms with Crippen LogP contribution in [0.1, 0.15) is 11.6 Å². The van der Waals surface area contributed by atoms with Gasteiger partial charge in [0, 0.05) is 16.7 Å². The third kappa shape index (κ3) is 3.17. The third-order valence-corrected chi connectivity index (χ3v) is 4.39. The van der Waals surface area contributed by atoms with E-state index in [9.17, 15) is 0 Å². The quantitative estimate of drug-likeness (QED) is 0.793. The molecule has 3 rings (SSSR count). The first-order chi connectivity index (χ1) is 10.2. The number of nitrogens with two attached hydrogens (primary N) is 1. The molecule has 3 N–H and O–H groups in total. The van der Waals surface area contributed by atoms with E-state index in [1.807, 2.05) is 36.4 Å². The summed E-state index contributed by atoms with van der Waals surface area (Å²) in [5.74, 6) is 1.49. The van der Waals surface area contributed by atoms with Crippen LogP contribution < -0.4 is 20.5 Å². The lowest BCUT2D eigenvalue weighted by molar-refractivity contribution is 0.173. The number of halogens is 2. The Morgan fingerprint density at radius 3 is 2.62 bits per heavy atom. The highest BCUT2D eigenvalue weighted by molar-refractivity contribution is 9.10. The van der Waals surface area contributed by atoms with Crippen LogP contribution in [0.4, 0.5) is 5.69 Å². The summed E-state index contributed by atoms with van der Waals surface area (Å²) >= 11 is 6.94. The second-order valence-electron chi connectivity index (χ2n) is 4.68. The maximum absolute atomic E-state index is 5.92. The highest BCUT2D eigenvalue weighted by atomic mass is 79.9. The average molecular weight is 414 g/mol. The van der Waals surface area contributed by atoms with Crippen molar-refractivity contribution in [2.45, 2.75) is 6.04 Å². The van der Waals surface area contributed by atoms with E-state index in [2.05, 4.69) is 37.2 Å². The Morgan fingerprint density at radius 1 is 1.14 bits per heavy atom. The molecule has 1 heterocycles. The number of anilines is 1. The van der Waals surface area contributed by atoms with Gasteiger partial charge in [0.2, 0.25) is 6.79 Å². The lowest BCUT2D eigenvalue weighted by atomic mass is 10.1. The largest absolute Gasteiger partial charge is 0.454 e. The molecule has 21 heavy (non-hydrogen) atoms. The van der Waals surface area contributed by atoms with Crippen LogP contribution in [0.15, 0.2) is 45.3 Å². The van der Waals surface area contributed by atoms with Crippen LogP contribution in [0.2, 0.25) is 0 Å². The Bertz CT molecular complexity index is 647. The molecular formula is C15H14Br2N2O2. The number of hydrogen-bond acceptors (Lipinski definition) is 4. The van der Waals surface area contributed by atoms with E-state index in [1.54, 1.807) is 0 Å². The van der Waals surface area contributed by atoms with E-state index in [-0.39, 0.29) is 12.8 Å². The molecule has 0 aliphatic carbocycles. The molecule has 0 bridgehead atoms. The Morgan fingerprint density at radius 2 is 1.90 bits per heavy atom. The molecule has 2 aromatic carbocycles. The topological polar surface area (TPSA) is 56.5 Å². The van der Waals surface area contributed by atoms with Gasteiger partial charge in [0.1, 0.15) is 0 Å². The number of hydrogen-bond donors (Lipinski definition) is 2. The minimum absolute atomic E-state index is 0.00280. The molecule has 4 nitrogen and oxygen atoms in total. The van der Waals surface area contributed by atoms with Gasteiger partial charge in [0.25, 0.3) is 0 Å². The molecule has 0 aromatic heterocycles. The average Bonchev–Trinajstić information content (AvgIpc) is 2.95. The van der Waals surface area contributed by atoms with Gasteiger partial charge in [-0.05, 0) is 57.9 Å². The number of fused-ring (bicyclic) bond motifs is 1. The van der Waals surface area contributed by atoms with Gasteiger partial charge in [-0.25, -0.2) is 0 Å². The standard InChI is InChI=1S/C15H14Br2N2O2/c16-10-1-3-11(4-2-10)19-13(7-18)9-5-12(17)15-14(6-9)20-8-21-15/h1-6,13,19H,7-8,18H2. The molecule has 1 unspecified atom stereocenters. The lowest BCUT2D eigenvalue weighted by Gasteiger charge is -2.19. The van der Waals surface area contributed by atoms with Gasteiger partial charge in [-0.3, -0.25) is 0 Å². The molecule has 0 saturated heterocycles. The van der Waals surface area contributed by atoms with Gasteiger partial charge in [-0.2, -0.15) is 0 Å². The molecule has 110 valence electrons. The molecule has 0 spiro atoms. The molecule has 0 saturated carbocycles. The van der Waals surface area contributed by atoms with E-state index >= 15 is 0 Å². The minimum atomic E-state index is -0.00280. The van der Waals surface area contributed by atoms with Crippen molar-refractivity contribution in [3.8, 4) is 11.5 Å². The summed E-state index contributed by atoms with van der Waals surface area (Å²) in [6, 6.07) is 12.0. The summed E-state index contributed by atoms with van der Waals surface area (Å²) in [4.78, 5) is 0. The second-order valence-corrected chi connectivity index (χ2v) is 6.45. The normalized spacial score (nSPS) is 14.0. The molecule has 1 atom stereocenters. The number of ether oxygens (including phenoxy) is 2. The van der Waals surface area contributed by atoms with Gasteiger partial charge < -0.3 is 20.5 Å². The molecule has 6 heteroatoms. The first-order valence-corrected chi connectivity index (χ1v) is 8.07. The van der Waals surface area contributed by atoms with Crippen molar-refractivity contribution in [2.24, 2.45) is 5.73 Å². The molecular weight excluding hydrogens is 400 g/mol. The summed E-state index contributed by atoms with van der Waals surface area (Å²) < 4.78 is 12.8. The first kappa shape index (κ1) is 14.7. The SMILES string of the molecule is NCC(Nc1ccc(Br)cc1)c1cc(Br)c2c(c1)OCO2. The first-order valence-electron chi connectivity index (χ1n) is 6.48. The van der Waals surface area contributed by atoms with E-state index in [4.69, 9.17) is 15.2 Å². The zero-order valence-electron chi connectivity index (χ0n) is 11.1. The summed E-state index contributed by atoms with van der Waals surface area (Å²) in [6.45, 7) is 0.729. The lowest BCUT2D eigenvalue weighted by Crippen LogP contribution is -2.20. The highest BCUT2D eigenvalue weighted by Crippen LogP contribution is 2.41. The predicted molar refractivity (Wildman–Crippen MR) is 89.8 cm³/mol. The smallest absolute Gasteiger partial charge is 0.231 e. The van der Waals surface area contributed by atoms with Crippen molar-refractivity contribution in [2.75, 3.05) is 18.7 Å². The number of rotatable bonds is 4. The second kappa shape index (κ2) is 6.25. The molecule has 1 aliphatic heterocycles. The van der Waals surface area contributed by atoms with Crippen LogP contribution >= 0.6 is 31.9 Å². The molecule has 0 amide bonds.